The molecule has 0 unspecified atom stereocenters. The summed E-state index contributed by atoms with van der Waals surface area (Å²) >= 11 is 18.6. The minimum Gasteiger partial charge on any atom is -0.352 e. The number of hydrogen-bond acceptors (Lipinski definition) is 4. The van der Waals surface area contributed by atoms with Crippen LogP contribution in [0.3, 0.4) is 0 Å². The van der Waals surface area contributed by atoms with E-state index < -0.39 is 16.1 Å². The third kappa shape index (κ3) is 9.60. The van der Waals surface area contributed by atoms with Crippen molar-refractivity contribution in [2.24, 2.45) is 0 Å². The number of nitrogens with one attached hydrogen (secondary N) is 1. The van der Waals surface area contributed by atoms with E-state index in [1.54, 1.807) is 23.1 Å². The number of anilines is 1. The Labute approximate surface area is 269 Å². The molecule has 230 valence electrons. The molecule has 1 aliphatic rings. The summed E-state index contributed by atoms with van der Waals surface area (Å²) in [7, 11) is -3.72. The monoisotopic (exact) mass is 663 g/mol. The van der Waals surface area contributed by atoms with Gasteiger partial charge in [-0.3, -0.25) is 13.9 Å². The van der Waals surface area contributed by atoms with Gasteiger partial charge >= 0.3 is 0 Å². The van der Waals surface area contributed by atoms with Crippen molar-refractivity contribution in [1.82, 2.24) is 10.2 Å². The van der Waals surface area contributed by atoms with E-state index in [9.17, 15) is 18.0 Å². The van der Waals surface area contributed by atoms with Gasteiger partial charge in [0.1, 0.15) is 6.04 Å². The Morgan fingerprint density at radius 1 is 0.907 bits per heavy atom. The van der Waals surface area contributed by atoms with Gasteiger partial charge in [0.15, 0.2) is 0 Å². The number of carbonyl (C=O) groups excluding carboxylic acids is 2. The van der Waals surface area contributed by atoms with Gasteiger partial charge in [-0.2, -0.15) is 0 Å². The van der Waals surface area contributed by atoms with E-state index in [2.05, 4.69) is 5.32 Å². The van der Waals surface area contributed by atoms with Crippen LogP contribution >= 0.6 is 34.8 Å². The van der Waals surface area contributed by atoms with Gasteiger partial charge in [0, 0.05) is 42.0 Å². The highest BCUT2D eigenvalue weighted by Gasteiger charge is 2.32. The molecule has 0 saturated heterocycles. The molecule has 0 bridgehead atoms. The zero-order valence-corrected chi connectivity index (χ0v) is 27.1. The fraction of sp³-hybridized carbons (Fsp3) is 0.375. The standard InChI is InChI=1S/C32H36Cl3N3O4S/c1-43(41,42)38(29-21-26(34)17-18-28(29)35)19-7-12-31(39)37(22-24-13-15-25(33)16-14-24)30(20-23-8-3-2-4-9-23)32(40)36-27-10-5-6-11-27/h2-4,8-9,13-18,21,27,30H,5-7,10-12,19-20,22H2,1H3,(H,36,40)/t30-/m0/s1. The summed E-state index contributed by atoms with van der Waals surface area (Å²) in [5.41, 5.74) is 2.01. The average molecular weight is 665 g/mol. The minimum atomic E-state index is -3.72. The fourth-order valence-corrected chi connectivity index (χ4v) is 6.90. The van der Waals surface area contributed by atoms with Crippen LogP contribution in [0.15, 0.2) is 72.8 Å². The third-order valence-corrected chi connectivity index (χ3v) is 9.55. The number of hydrogen-bond donors (Lipinski definition) is 1. The van der Waals surface area contributed by atoms with Gasteiger partial charge in [0.05, 0.1) is 17.0 Å². The van der Waals surface area contributed by atoms with E-state index in [1.807, 2.05) is 42.5 Å². The van der Waals surface area contributed by atoms with Gasteiger partial charge in [0.25, 0.3) is 0 Å². The molecule has 1 atom stereocenters. The molecule has 0 aliphatic heterocycles. The zero-order chi connectivity index (χ0) is 31.0. The van der Waals surface area contributed by atoms with Crippen molar-refractivity contribution >= 4 is 62.3 Å². The number of rotatable bonds is 13. The summed E-state index contributed by atoms with van der Waals surface area (Å²) in [6, 6.07) is 20.7. The molecule has 0 heterocycles. The number of carbonyl (C=O) groups is 2. The normalized spacial score (nSPS) is 14.3. The van der Waals surface area contributed by atoms with Crippen molar-refractivity contribution in [3.63, 3.8) is 0 Å². The molecule has 3 aromatic carbocycles. The van der Waals surface area contributed by atoms with Crippen LogP contribution in [0.1, 0.15) is 49.7 Å². The first kappa shape index (κ1) is 33.1. The summed E-state index contributed by atoms with van der Waals surface area (Å²) < 4.78 is 26.6. The molecule has 1 aliphatic carbocycles. The molecule has 3 aromatic rings. The highest BCUT2D eigenvalue weighted by Crippen LogP contribution is 2.31. The Hall–Kier alpha value is -2.78. The van der Waals surface area contributed by atoms with Crippen molar-refractivity contribution in [3.8, 4) is 0 Å². The van der Waals surface area contributed by atoms with Crippen LogP contribution in [0.5, 0.6) is 0 Å². The predicted octanol–water partition coefficient (Wildman–Crippen LogP) is 6.89. The van der Waals surface area contributed by atoms with Crippen molar-refractivity contribution < 1.29 is 18.0 Å². The van der Waals surface area contributed by atoms with Gasteiger partial charge in [-0.1, -0.05) is 90.1 Å². The molecule has 0 aromatic heterocycles. The predicted molar refractivity (Wildman–Crippen MR) is 174 cm³/mol. The number of benzene rings is 3. The first-order chi connectivity index (χ1) is 20.5. The summed E-state index contributed by atoms with van der Waals surface area (Å²) in [5, 5.41) is 4.34. The van der Waals surface area contributed by atoms with E-state index >= 15 is 0 Å². The highest BCUT2D eigenvalue weighted by molar-refractivity contribution is 7.92. The maximum atomic E-state index is 14.0. The van der Waals surface area contributed by atoms with Gasteiger partial charge in [-0.25, -0.2) is 8.42 Å². The Bertz CT molecular complexity index is 1500. The third-order valence-electron chi connectivity index (χ3n) is 7.57. The van der Waals surface area contributed by atoms with E-state index in [4.69, 9.17) is 34.8 Å². The van der Waals surface area contributed by atoms with Gasteiger partial charge in [-0.15, -0.1) is 0 Å². The minimum absolute atomic E-state index is 0.0110. The Morgan fingerprint density at radius 3 is 2.21 bits per heavy atom. The quantitative estimate of drug-likeness (QED) is 0.216. The number of halogens is 3. The molecule has 11 heteroatoms. The topological polar surface area (TPSA) is 86.8 Å². The second-order valence-corrected chi connectivity index (χ2v) is 14.1. The van der Waals surface area contributed by atoms with Crippen LogP contribution in [0.2, 0.25) is 15.1 Å². The van der Waals surface area contributed by atoms with E-state index in [0.29, 0.717) is 16.5 Å². The fourth-order valence-electron chi connectivity index (χ4n) is 5.37. The van der Waals surface area contributed by atoms with Gasteiger partial charge in [0.2, 0.25) is 21.8 Å². The van der Waals surface area contributed by atoms with Crippen molar-refractivity contribution in [2.75, 3.05) is 17.1 Å². The smallest absolute Gasteiger partial charge is 0.243 e. The van der Waals surface area contributed by atoms with Crippen LogP contribution in [-0.2, 0) is 32.6 Å². The van der Waals surface area contributed by atoms with Crippen LogP contribution in [0, 0.1) is 0 Å². The molecular weight excluding hydrogens is 629 g/mol. The molecule has 1 fully saturated rings. The zero-order valence-electron chi connectivity index (χ0n) is 24.0. The van der Waals surface area contributed by atoms with Crippen LogP contribution in [0.4, 0.5) is 5.69 Å². The van der Waals surface area contributed by atoms with Crippen molar-refractivity contribution in [1.29, 1.82) is 0 Å². The van der Waals surface area contributed by atoms with E-state index in [-0.39, 0.29) is 54.5 Å². The largest absolute Gasteiger partial charge is 0.352 e. The average Bonchev–Trinajstić information content (AvgIpc) is 3.48. The Kier molecular flexibility index (Phi) is 11.8. The Balaban J connectivity index is 1.59. The lowest BCUT2D eigenvalue weighted by molar-refractivity contribution is -0.141. The number of amides is 2. The van der Waals surface area contributed by atoms with Crippen LogP contribution in [-0.4, -0.2) is 50.0 Å². The molecule has 4 rings (SSSR count). The van der Waals surface area contributed by atoms with E-state index in [1.165, 1.54) is 12.1 Å². The summed E-state index contributed by atoms with van der Waals surface area (Å²) in [6.07, 6.45) is 5.61. The molecule has 0 spiro atoms. The first-order valence-corrected chi connectivity index (χ1v) is 17.3. The van der Waals surface area contributed by atoms with E-state index in [0.717, 1.165) is 47.4 Å². The molecule has 43 heavy (non-hydrogen) atoms. The van der Waals surface area contributed by atoms with Crippen molar-refractivity contribution in [2.45, 2.75) is 63.6 Å². The first-order valence-electron chi connectivity index (χ1n) is 14.3. The second kappa shape index (κ2) is 15.3. The van der Waals surface area contributed by atoms with Crippen LogP contribution < -0.4 is 9.62 Å². The summed E-state index contributed by atoms with van der Waals surface area (Å²) in [5.74, 6) is -0.454. The molecular formula is C32H36Cl3N3O4S. The second-order valence-electron chi connectivity index (χ2n) is 10.9. The SMILES string of the molecule is CS(=O)(=O)N(CCCC(=O)N(Cc1ccc(Cl)cc1)[C@@H](Cc1ccccc1)C(=O)NC1CCCC1)c1cc(Cl)ccc1Cl. The van der Waals surface area contributed by atoms with Crippen LogP contribution in [0.25, 0.3) is 0 Å². The lowest BCUT2D eigenvalue weighted by Gasteiger charge is -2.33. The summed E-state index contributed by atoms with van der Waals surface area (Å²) in [6.45, 7) is 0.207. The number of sulfonamides is 1. The van der Waals surface area contributed by atoms with Crippen molar-refractivity contribution in [3.05, 3.63) is 99.0 Å². The Morgan fingerprint density at radius 2 is 1.56 bits per heavy atom. The van der Waals surface area contributed by atoms with Gasteiger partial charge in [-0.05, 0) is 60.7 Å². The molecule has 1 N–H and O–H groups in total. The maximum absolute atomic E-state index is 14.0. The molecule has 0 radical (unpaired) electrons. The number of nitrogens with zero attached hydrogens (tertiary/aromatic N) is 2. The highest BCUT2D eigenvalue weighted by atomic mass is 35.5. The lowest BCUT2D eigenvalue weighted by atomic mass is 10.0. The lowest BCUT2D eigenvalue weighted by Crippen LogP contribution is -2.52. The molecule has 2 amide bonds. The van der Waals surface area contributed by atoms with Gasteiger partial charge < -0.3 is 10.2 Å². The summed E-state index contributed by atoms with van der Waals surface area (Å²) in [4.78, 5) is 29.4. The molecule has 1 saturated carbocycles. The molecule has 7 nitrogen and oxygen atoms in total. The maximum Gasteiger partial charge on any atom is 0.243 e.